The van der Waals surface area contributed by atoms with Crippen molar-refractivity contribution in [1.29, 1.82) is 0 Å². The predicted molar refractivity (Wildman–Crippen MR) is 75.9 cm³/mol. The fraction of sp³-hybridized carbons (Fsp3) is 0.692. The van der Waals surface area contributed by atoms with E-state index in [-0.39, 0.29) is 10.6 Å². The van der Waals surface area contributed by atoms with Crippen LogP contribution in [-0.2, 0) is 0 Å². The van der Waals surface area contributed by atoms with E-state index in [1.165, 1.54) is 19.2 Å². The topological polar surface area (TPSA) is 61.0 Å². The number of aromatic amines is 1. The van der Waals surface area contributed by atoms with Gasteiger partial charge in [-0.1, -0.05) is 11.6 Å². The van der Waals surface area contributed by atoms with Crippen LogP contribution in [-0.4, -0.2) is 34.6 Å². The van der Waals surface area contributed by atoms with Gasteiger partial charge in [-0.25, -0.2) is 4.98 Å². The van der Waals surface area contributed by atoms with E-state index in [0.717, 1.165) is 19.4 Å². The Kier molecular flexibility index (Phi) is 3.50. The van der Waals surface area contributed by atoms with Gasteiger partial charge in [0, 0.05) is 24.7 Å². The normalized spacial score (nSPS) is 29.5. The SMILES string of the molecule is CCN(c1nc[nH]c(=O)c1Cl)C1CC2CCC(C1)N2. The number of anilines is 1. The summed E-state index contributed by atoms with van der Waals surface area (Å²) in [6, 6.07) is 1.65. The predicted octanol–water partition coefficient (Wildman–Crippen LogP) is 1.53. The van der Waals surface area contributed by atoms with Crippen molar-refractivity contribution in [2.24, 2.45) is 0 Å². The number of nitrogens with zero attached hydrogens (tertiary/aromatic N) is 2. The van der Waals surface area contributed by atoms with E-state index in [0.29, 0.717) is 23.9 Å². The van der Waals surface area contributed by atoms with Crippen LogP contribution in [0.3, 0.4) is 0 Å². The van der Waals surface area contributed by atoms with Crippen LogP contribution < -0.4 is 15.8 Å². The Morgan fingerprint density at radius 1 is 1.42 bits per heavy atom. The highest BCUT2D eigenvalue weighted by molar-refractivity contribution is 6.32. The first-order valence-electron chi connectivity index (χ1n) is 6.95. The first kappa shape index (κ1) is 12.9. The minimum atomic E-state index is -0.262. The fourth-order valence-electron chi connectivity index (χ4n) is 3.44. The molecule has 1 aromatic heterocycles. The Hall–Kier alpha value is -1.07. The molecule has 2 saturated heterocycles. The van der Waals surface area contributed by atoms with Crippen LogP contribution >= 0.6 is 11.6 Å². The Labute approximate surface area is 117 Å². The second-order valence-corrected chi connectivity index (χ2v) is 5.80. The van der Waals surface area contributed by atoms with E-state index in [9.17, 15) is 4.79 Å². The van der Waals surface area contributed by atoms with Gasteiger partial charge in [-0.3, -0.25) is 4.79 Å². The molecule has 2 fully saturated rings. The molecule has 0 amide bonds. The summed E-state index contributed by atoms with van der Waals surface area (Å²) in [5, 5.41) is 3.83. The van der Waals surface area contributed by atoms with Crippen LogP contribution in [0, 0.1) is 0 Å². The van der Waals surface area contributed by atoms with Gasteiger partial charge in [-0.15, -0.1) is 0 Å². The Balaban J connectivity index is 1.88. The van der Waals surface area contributed by atoms with Gasteiger partial charge in [0.2, 0.25) is 0 Å². The molecule has 0 aliphatic carbocycles. The molecule has 2 aliphatic heterocycles. The van der Waals surface area contributed by atoms with Gasteiger partial charge in [0.15, 0.2) is 5.82 Å². The molecular weight excluding hydrogens is 264 g/mol. The molecule has 2 bridgehead atoms. The summed E-state index contributed by atoms with van der Waals surface area (Å²) >= 11 is 6.11. The smallest absolute Gasteiger partial charge is 0.271 e. The number of halogens is 1. The first-order chi connectivity index (χ1) is 9.19. The number of piperidine rings is 1. The van der Waals surface area contributed by atoms with E-state index >= 15 is 0 Å². The molecule has 6 heteroatoms. The van der Waals surface area contributed by atoms with Crippen LogP contribution in [0.4, 0.5) is 5.82 Å². The number of rotatable bonds is 3. The van der Waals surface area contributed by atoms with Crippen LogP contribution in [0.1, 0.15) is 32.6 Å². The maximum absolute atomic E-state index is 11.6. The second-order valence-electron chi connectivity index (χ2n) is 5.42. The van der Waals surface area contributed by atoms with Gasteiger partial charge in [0.25, 0.3) is 5.56 Å². The van der Waals surface area contributed by atoms with Gasteiger partial charge in [-0.05, 0) is 32.6 Å². The summed E-state index contributed by atoms with van der Waals surface area (Å²) < 4.78 is 0. The van der Waals surface area contributed by atoms with Crippen molar-refractivity contribution in [2.75, 3.05) is 11.4 Å². The van der Waals surface area contributed by atoms with Gasteiger partial charge >= 0.3 is 0 Å². The number of fused-ring (bicyclic) bond motifs is 2. The number of H-pyrrole nitrogens is 1. The maximum atomic E-state index is 11.6. The third kappa shape index (κ3) is 2.37. The molecule has 2 unspecified atom stereocenters. The van der Waals surface area contributed by atoms with Crippen LogP contribution in [0.25, 0.3) is 0 Å². The molecule has 3 rings (SSSR count). The summed E-state index contributed by atoms with van der Waals surface area (Å²) in [6.45, 7) is 2.91. The summed E-state index contributed by atoms with van der Waals surface area (Å²) in [4.78, 5) is 20.6. The lowest BCUT2D eigenvalue weighted by molar-refractivity contribution is 0.348. The van der Waals surface area contributed by atoms with Gasteiger partial charge in [-0.2, -0.15) is 0 Å². The molecule has 3 heterocycles. The highest BCUT2D eigenvalue weighted by Gasteiger charge is 2.36. The van der Waals surface area contributed by atoms with E-state index < -0.39 is 0 Å². The zero-order valence-electron chi connectivity index (χ0n) is 11.0. The van der Waals surface area contributed by atoms with E-state index in [4.69, 9.17) is 11.6 Å². The molecule has 0 radical (unpaired) electrons. The minimum absolute atomic E-state index is 0.204. The lowest BCUT2D eigenvalue weighted by Crippen LogP contribution is -2.49. The number of nitrogens with one attached hydrogen (secondary N) is 2. The Bertz CT molecular complexity index is 506. The number of aromatic nitrogens is 2. The lowest BCUT2D eigenvalue weighted by Gasteiger charge is -2.38. The first-order valence-corrected chi connectivity index (χ1v) is 7.32. The summed E-state index contributed by atoms with van der Waals surface area (Å²) in [6.07, 6.45) is 6.16. The quantitative estimate of drug-likeness (QED) is 0.883. The molecule has 2 aliphatic rings. The zero-order chi connectivity index (χ0) is 13.4. The molecule has 1 aromatic rings. The number of hydrogen-bond donors (Lipinski definition) is 2. The number of hydrogen-bond acceptors (Lipinski definition) is 4. The van der Waals surface area contributed by atoms with Crippen molar-refractivity contribution in [3.63, 3.8) is 0 Å². The minimum Gasteiger partial charge on any atom is -0.352 e. The van der Waals surface area contributed by atoms with Gasteiger partial charge in [0.1, 0.15) is 5.02 Å². The molecule has 0 saturated carbocycles. The standard InChI is InChI=1S/C13H19ClN4O/c1-2-18(12-11(14)13(19)16-7-15-12)10-5-8-3-4-9(6-10)17-8/h7-10,17H,2-6H2,1H3,(H,15,16,19). The highest BCUT2D eigenvalue weighted by Crippen LogP contribution is 2.32. The van der Waals surface area contributed by atoms with Crippen LogP contribution in [0.15, 0.2) is 11.1 Å². The monoisotopic (exact) mass is 282 g/mol. The molecule has 2 N–H and O–H groups in total. The Morgan fingerprint density at radius 2 is 2.11 bits per heavy atom. The zero-order valence-corrected chi connectivity index (χ0v) is 11.8. The van der Waals surface area contributed by atoms with Crippen molar-refractivity contribution in [1.82, 2.24) is 15.3 Å². The summed E-state index contributed by atoms with van der Waals surface area (Å²) in [5.74, 6) is 0.624. The van der Waals surface area contributed by atoms with Crippen LogP contribution in [0.2, 0.25) is 5.02 Å². The largest absolute Gasteiger partial charge is 0.352 e. The Morgan fingerprint density at radius 3 is 2.74 bits per heavy atom. The molecule has 19 heavy (non-hydrogen) atoms. The van der Waals surface area contributed by atoms with Gasteiger partial charge < -0.3 is 15.2 Å². The van der Waals surface area contributed by atoms with E-state index in [1.54, 1.807) is 0 Å². The molecule has 5 nitrogen and oxygen atoms in total. The third-order valence-electron chi connectivity index (χ3n) is 4.28. The lowest BCUT2D eigenvalue weighted by atomic mass is 9.98. The molecular formula is C13H19ClN4O. The molecule has 104 valence electrons. The van der Waals surface area contributed by atoms with Gasteiger partial charge in [0.05, 0.1) is 6.33 Å². The fourth-order valence-corrected chi connectivity index (χ4v) is 3.65. The molecule has 2 atom stereocenters. The average molecular weight is 283 g/mol. The average Bonchev–Trinajstić information content (AvgIpc) is 2.74. The second kappa shape index (κ2) is 5.13. The summed E-state index contributed by atoms with van der Waals surface area (Å²) in [7, 11) is 0. The molecule has 0 spiro atoms. The maximum Gasteiger partial charge on any atom is 0.271 e. The van der Waals surface area contributed by atoms with E-state index in [1.807, 2.05) is 0 Å². The summed E-state index contributed by atoms with van der Waals surface area (Å²) in [5.41, 5.74) is -0.262. The van der Waals surface area contributed by atoms with Crippen molar-refractivity contribution in [3.8, 4) is 0 Å². The van der Waals surface area contributed by atoms with Crippen LogP contribution in [0.5, 0.6) is 0 Å². The van der Waals surface area contributed by atoms with Crippen molar-refractivity contribution in [2.45, 2.75) is 50.7 Å². The molecule has 0 aromatic carbocycles. The highest BCUT2D eigenvalue weighted by atomic mass is 35.5. The third-order valence-corrected chi connectivity index (χ3v) is 4.62. The van der Waals surface area contributed by atoms with E-state index in [2.05, 4.69) is 27.1 Å². The van der Waals surface area contributed by atoms with Crippen molar-refractivity contribution in [3.05, 3.63) is 21.7 Å². The van der Waals surface area contributed by atoms with Crippen molar-refractivity contribution < 1.29 is 0 Å². The van der Waals surface area contributed by atoms with Crippen molar-refractivity contribution >= 4 is 17.4 Å².